The first kappa shape index (κ1) is 26.8. The number of anilines is 1. The molecule has 3 aromatic carbocycles. The van der Waals surface area contributed by atoms with Crippen molar-refractivity contribution < 1.29 is 9.53 Å². The SMILES string of the molecule is C=C(C)n1c(=O)n(CCC(C2CCNCC2)N(C(=O)CC)c2ccc3cc(OC)ccc3c2)c2ccccc21. The number of hydrogen-bond donors (Lipinski definition) is 1. The van der Waals surface area contributed by atoms with Gasteiger partial charge in [0.2, 0.25) is 5.91 Å². The molecule has 39 heavy (non-hydrogen) atoms. The number of imidazole rings is 1. The highest BCUT2D eigenvalue weighted by molar-refractivity contribution is 5.97. The molecule has 1 aromatic heterocycles. The predicted molar refractivity (Wildman–Crippen MR) is 159 cm³/mol. The maximum absolute atomic E-state index is 13.6. The van der Waals surface area contributed by atoms with Gasteiger partial charge in [-0.05, 0) is 92.4 Å². The Balaban J connectivity index is 1.55. The molecule has 0 bridgehead atoms. The first-order chi connectivity index (χ1) is 18.9. The number of carbonyl (C=O) groups excluding carboxylic acids is 1. The van der Waals surface area contributed by atoms with Gasteiger partial charge in [-0.3, -0.25) is 13.9 Å². The number of piperidine rings is 1. The van der Waals surface area contributed by atoms with Crippen LogP contribution in [0.25, 0.3) is 27.5 Å². The summed E-state index contributed by atoms with van der Waals surface area (Å²) in [4.78, 5) is 29.2. The lowest BCUT2D eigenvalue weighted by Crippen LogP contribution is -2.48. The first-order valence-corrected chi connectivity index (χ1v) is 13.9. The number of nitrogens with one attached hydrogen (secondary N) is 1. The standard InChI is InChI=1S/C32H38N4O3/c1-5-31(37)36(26-12-10-25-21-27(39-4)13-11-24(25)20-26)28(23-14-17-33-18-15-23)16-19-34-29-8-6-7-9-30(29)35(22(2)3)32(34)38/h6-13,20-21,23,28,33H,2,5,14-19H2,1,3-4H3. The highest BCUT2D eigenvalue weighted by atomic mass is 16.5. The van der Waals surface area contributed by atoms with Crippen molar-refractivity contribution in [3.8, 4) is 5.75 Å². The molecule has 1 aliphatic heterocycles. The Morgan fingerprint density at radius 1 is 1.08 bits per heavy atom. The van der Waals surface area contributed by atoms with Crippen LogP contribution in [0.4, 0.5) is 5.69 Å². The Morgan fingerprint density at radius 2 is 1.77 bits per heavy atom. The van der Waals surface area contributed by atoms with E-state index < -0.39 is 0 Å². The zero-order chi connectivity index (χ0) is 27.5. The van der Waals surface area contributed by atoms with Crippen LogP contribution in [-0.4, -0.2) is 41.3 Å². The molecule has 7 heteroatoms. The average molecular weight is 527 g/mol. The number of aromatic nitrogens is 2. The molecule has 5 rings (SSSR count). The highest BCUT2D eigenvalue weighted by Gasteiger charge is 2.32. The van der Waals surface area contributed by atoms with Crippen molar-refractivity contribution in [1.82, 2.24) is 14.5 Å². The summed E-state index contributed by atoms with van der Waals surface area (Å²) in [6.45, 7) is 10.2. The molecule has 0 aliphatic carbocycles. The van der Waals surface area contributed by atoms with E-state index in [0.29, 0.717) is 31.0 Å². The Morgan fingerprint density at radius 3 is 2.46 bits per heavy atom. The van der Waals surface area contributed by atoms with E-state index in [0.717, 1.165) is 59.2 Å². The van der Waals surface area contributed by atoms with Gasteiger partial charge >= 0.3 is 5.69 Å². The summed E-state index contributed by atoms with van der Waals surface area (Å²) in [7, 11) is 1.67. The van der Waals surface area contributed by atoms with Crippen LogP contribution in [0.5, 0.6) is 5.75 Å². The number of para-hydroxylation sites is 2. The number of aryl methyl sites for hydroxylation is 1. The van der Waals surface area contributed by atoms with Gasteiger partial charge < -0.3 is 15.0 Å². The van der Waals surface area contributed by atoms with Crippen molar-refractivity contribution in [2.75, 3.05) is 25.1 Å². The molecule has 204 valence electrons. The molecule has 1 aliphatic rings. The average Bonchev–Trinajstić information content (AvgIpc) is 3.25. The molecular weight excluding hydrogens is 488 g/mol. The van der Waals surface area contributed by atoms with Crippen LogP contribution in [0, 0.1) is 5.92 Å². The largest absolute Gasteiger partial charge is 0.497 e. The van der Waals surface area contributed by atoms with Crippen LogP contribution < -0.4 is 20.6 Å². The lowest BCUT2D eigenvalue weighted by molar-refractivity contribution is -0.119. The van der Waals surface area contributed by atoms with Gasteiger partial charge in [-0.25, -0.2) is 4.79 Å². The van der Waals surface area contributed by atoms with Crippen molar-refractivity contribution in [2.24, 2.45) is 5.92 Å². The van der Waals surface area contributed by atoms with Gasteiger partial charge in [-0.2, -0.15) is 0 Å². The number of methoxy groups -OCH3 is 1. The zero-order valence-electron chi connectivity index (χ0n) is 23.2. The quantitative estimate of drug-likeness (QED) is 0.306. The predicted octanol–water partition coefficient (Wildman–Crippen LogP) is 5.66. The molecule has 7 nitrogen and oxygen atoms in total. The van der Waals surface area contributed by atoms with Crippen LogP contribution in [0.15, 0.2) is 72.0 Å². The number of nitrogens with zero attached hydrogens (tertiary/aromatic N) is 3. The summed E-state index contributed by atoms with van der Waals surface area (Å²) in [6.07, 6.45) is 3.08. The number of amides is 1. The normalized spacial score (nSPS) is 14.9. The molecule has 1 N–H and O–H groups in total. The summed E-state index contributed by atoms with van der Waals surface area (Å²) in [6, 6.07) is 20.0. The van der Waals surface area contributed by atoms with Gasteiger partial charge in [0.05, 0.1) is 18.1 Å². The number of allylic oxidation sites excluding steroid dienone is 1. The van der Waals surface area contributed by atoms with Gasteiger partial charge in [0, 0.05) is 30.4 Å². The Bertz CT molecular complexity index is 1560. The summed E-state index contributed by atoms with van der Waals surface area (Å²) in [5, 5.41) is 5.60. The monoisotopic (exact) mass is 526 g/mol. The van der Waals surface area contributed by atoms with Gasteiger partial charge in [-0.1, -0.05) is 37.8 Å². The fourth-order valence-corrected chi connectivity index (χ4v) is 6.04. The number of carbonyl (C=O) groups is 1. The molecule has 2 heterocycles. The minimum absolute atomic E-state index is 0.0333. The smallest absolute Gasteiger partial charge is 0.333 e. The number of fused-ring (bicyclic) bond motifs is 2. The minimum atomic E-state index is -0.0826. The first-order valence-electron chi connectivity index (χ1n) is 13.9. The topological polar surface area (TPSA) is 68.5 Å². The van der Waals surface area contributed by atoms with Crippen LogP contribution in [0.3, 0.4) is 0 Å². The second kappa shape index (κ2) is 11.5. The maximum atomic E-state index is 13.6. The summed E-state index contributed by atoms with van der Waals surface area (Å²) in [5.74, 6) is 1.24. The lowest BCUT2D eigenvalue weighted by Gasteiger charge is -2.39. The van der Waals surface area contributed by atoms with Gasteiger partial charge in [0.1, 0.15) is 5.75 Å². The molecule has 1 unspecified atom stereocenters. The summed E-state index contributed by atoms with van der Waals surface area (Å²) < 4.78 is 8.93. The van der Waals surface area contributed by atoms with Crippen LogP contribution in [-0.2, 0) is 11.3 Å². The van der Waals surface area contributed by atoms with Crippen LogP contribution in [0.2, 0.25) is 0 Å². The van der Waals surface area contributed by atoms with Crippen LogP contribution >= 0.6 is 0 Å². The molecular formula is C32H38N4O3. The third-order valence-corrected chi connectivity index (χ3v) is 8.01. The maximum Gasteiger partial charge on any atom is 0.333 e. The summed E-state index contributed by atoms with van der Waals surface area (Å²) in [5.41, 5.74) is 3.27. The molecule has 1 amide bonds. The van der Waals surface area contributed by atoms with E-state index in [1.807, 2.05) is 71.8 Å². The van der Waals surface area contributed by atoms with Crippen molar-refractivity contribution in [3.05, 3.63) is 77.7 Å². The highest BCUT2D eigenvalue weighted by Crippen LogP contribution is 2.33. The molecule has 0 saturated carbocycles. The molecule has 0 spiro atoms. The van der Waals surface area contributed by atoms with E-state index in [1.54, 1.807) is 11.7 Å². The van der Waals surface area contributed by atoms with E-state index >= 15 is 0 Å². The van der Waals surface area contributed by atoms with E-state index in [1.165, 1.54) is 0 Å². The lowest BCUT2D eigenvalue weighted by atomic mass is 9.86. The summed E-state index contributed by atoms with van der Waals surface area (Å²) >= 11 is 0. The number of hydrogen-bond acceptors (Lipinski definition) is 4. The second-order valence-corrected chi connectivity index (χ2v) is 10.5. The Labute approximate surface area is 229 Å². The number of rotatable bonds is 9. The van der Waals surface area contributed by atoms with E-state index in [4.69, 9.17) is 4.74 Å². The fraction of sp³-hybridized carbons (Fsp3) is 0.375. The molecule has 4 aromatic rings. The Kier molecular flexibility index (Phi) is 7.89. The van der Waals surface area contributed by atoms with E-state index in [2.05, 4.69) is 24.0 Å². The second-order valence-electron chi connectivity index (χ2n) is 10.5. The number of benzene rings is 3. The van der Waals surface area contributed by atoms with Gasteiger partial charge in [-0.15, -0.1) is 0 Å². The van der Waals surface area contributed by atoms with Gasteiger partial charge in [0.15, 0.2) is 0 Å². The third kappa shape index (κ3) is 5.23. The molecule has 1 saturated heterocycles. The van der Waals surface area contributed by atoms with Crippen molar-refractivity contribution in [1.29, 1.82) is 0 Å². The molecule has 1 atom stereocenters. The van der Waals surface area contributed by atoms with Crippen molar-refractivity contribution in [3.63, 3.8) is 0 Å². The van der Waals surface area contributed by atoms with Crippen molar-refractivity contribution >= 4 is 39.1 Å². The van der Waals surface area contributed by atoms with Crippen LogP contribution in [0.1, 0.15) is 39.5 Å². The minimum Gasteiger partial charge on any atom is -0.497 e. The fourth-order valence-electron chi connectivity index (χ4n) is 6.04. The molecule has 1 fully saturated rings. The van der Waals surface area contributed by atoms with Crippen molar-refractivity contribution in [2.45, 2.75) is 52.1 Å². The third-order valence-electron chi connectivity index (χ3n) is 8.01. The Hall–Kier alpha value is -3.84. The molecule has 0 radical (unpaired) electrons. The zero-order valence-corrected chi connectivity index (χ0v) is 23.2. The van der Waals surface area contributed by atoms with E-state index in [-0.39, 0.29) is 17.6 Å². The van der Waals surface area contributed by atoms with E-state index in [9.17, 15) is 9.59 Å². The van der Waals surface area contributed by atoms with Gasteiger partial charge in [0.25, 0.3) is 0 Å². The number of ether oxygens (including phenoxy) is 1.